The Balaban J connectivity index is 1.62. The molecule has 18 heteroatoms. The third-order valence-corrected chi connectivity index (χ3v) is 9.82. The summed E-state index contributed by atoms with van der Waals surface area (Å²) in [4.78, 5) is 31.8. The van der Waals surface area contributed by atoms with Gasteiger partial charge in [0, 0.05) is 6.04 Å². The lowest BCUT2D eigenvalue weighted by Gasteiger charge is -2.19. The van der Waals surface area contributed by atoms with Gasteiger partial charge in [0.2, 0.25) is 0 Å². The number of nitrogens with one attached hydrogen (secondary N) is 1. The smallest absolute Gasteiger partial charge is 0.340 e. The van der Waals surface area contributed by atoms with E-state index in [1.807, 2.05) is 19.1 Å². The van der Waals surface area contributed by atoms with Crippen LogP contribution in [0.1, 0.15) is 35.9 Å². The van der Waals surface area contributed by atoms with Crippen molar-refractivity contribution in [2.45, 2.75) is 37.5 Å². The van der Waals surface area contributed by atoms with Gasteiger partial charge in [-0.05, 0) is 24.6 Å². The Morgan fingerprint density at radius 2 is 1.85 bits per heavy atom. The second-order valence-electron chi connectivity index (χ2n) is 8.98. The zero-order valence-corrected chi connectivity index (χ0v) is 23.1. The minimum absolute atomic E-state index is 0.0252. The number of pyridine rings is 1. The lowest BCUT2D eigenvalue weighted by Crippen LogP contribution is -2.33. The second-order valence-corrected chi connectivity index (χ2v) is 13.3. The summed E-state index contributed by atoms with van der Waals surface area (Å²) in [7, 11) is -9.61. The van der Waals surface area contributed by atoms with Crippen molar-refractivity contribution < 1.29 is 43.3 Å². The van der Waals surface area contributed by atoms with Crippen LogP contribution in [-0.2, 0) is 18.4 Å². The fourth-order valence-corrected chi connectivity index (χ4v) is 6.93. The number of hydrogen-bond acceptors (Lipinski definition) is 11. The molecule has 2 aromatic heterocycles. The highest BCUT2D eigenvalue weighted by atomic mass is 35.5. The molecule has 1 aromatic carbocycles. The molecule has 6 N–H and O–H groups in total. The molecular weight excluding hydrogens is 590 g/mol. The molecule has 1 saturated heterocycles. The van der Waals surface area contributed by atoms with Gasteiger partial charge in [0.25, 0.3) is 0 Å². The van der Waals surface area contributed by atoms with E-state index in [4.69, 9.17) is 35.9 Å². The maximum atomic E-state index is 12.0. The predicted octanol–water partition coefficient (Wildman–Crippen LogP) is 1.96. The van der Waals surface area contributed by atoms with Gasteiger partial charge in [-0.3, -0.25) is 9.13 Å². The second kappa shape index (κ2) is 11.5. The number of rotatable bonds is 9. The topological polar surface area (TPSA) is 244 Å². The van der Waals surface area contributed by atoms with Crippen molar-refractivity contribution in [3.63, 3.8) is 0 Å². The summed E-state index contributed by atoms with van der Waals surface area (Å²) in [6.07, 6.45) is -4.66. The minimum Gasteiger partial charge on any atom is -0.387 e. The molecule has 1 aliphatic heterocycles. The highest BCUT2D eigenvalue weighted by Crippen LogP contribution is 2.55. The molecule has 0 amide bonds. The molecular formula is C22H23ClN6O9P2. The standard InChI is InChI=1S/C22H23ClN6O9P2/c1-11(13-4-2-12(6-24)3-5-13)27-17-14(7-25)20(23)28-21-15(17)8-26-29(21)22-19(31)18(30)16(38-22)9-37-40(35,36)10-39(32,33)34/h2-5,8,11,16,18-19,22,30-31H,9-10H2,1H3,(H,27,28)(H,35,36)(H2,32,33,34)/t11-,16-,18-,19-,22-/m1/s1. The Bertz CT molecular complexity index is 1600. The molecule has 6 atom stereocenters. The van der Waals surface area contributed by atoms with E-state index in [2.05, 4.69) is 15.4 Å². The number of aliphatic hydroxyl groups excluding tert-OH is 2. The number of nitrogens with zero attached hydrogens (tertiary/aromatic N) is 5. The molecule has 0 spiro atoms. The maximum Gasteiger partial charge on any atom is 0.340 e. The molecule has 3 heterocycles. The monoisotopic (exact) mass is 612 g/mol. The van der Waals surface area contributed by atoms with Crippen LogP contribution in [0.4, 0.5) is 5.69 Å². The minimum atomic E-state index is -4.87. The Morgan fingerprint density at radius 1 is 1.18 bits per heavy atom. The third-order valence-electron chi connectivity index (χ3n) is 6.09. The molecule has 15 nitrogen and oxygen atoms in total. The SMILES string of the molecule is C[C@@H](Nc1c(C#N)c(Cl)nc2c1cnn2[C@@H]1O[C@H](COP(=O)(O)CP(=O)(O)O)[C@@H](O)[C@H]1O)c1ccc(C#N)cc1. The van der Waals surface area contributed by atoms with Crippen molar-refractivity contribution >= 4 is 43.5 Å². The summed E-state index contributed by atoms with van der Waals surface area (Å²) in [5.41, 5.74) is 1.67. The summed E-state index contributed by atoms with van der Waals surface area (Å²) in [6, 6.07) is 10.5. The van der Waals surface area contributed by atoms with E-state index in [1.165, 1.54) is 6.20 Å². The van der Waals surface area contributed by atoms with Crippen molar-refractivity contribution in [1.29, 1.82) is 10.5 Å². The molecule has 1 unspecified atom stereocenters. The number of aliphatic hydroxyl groups is 2. The van der Waals surface area contributed by atoms with Crippen LogP contribution in [-0.4, -0.2) is 70.5 Å². The molecule has 0 radical (unpaired) electrons. The van der Waals surface area contributed by atoms with Crippen molar-refractivity contribution in [3.8, 4) is 12.1 Å². The predicted molar refractivity (Wildman–Crippen MR) is 139 cm³/mol. The van der Waals surface area contributed by atoms with Crippen molar-refractivity contribution in [2.24, 2.45) is 0 Å². The highest BCUT2D eigenvalue weighted by molar-refractivity contribution is 7.70. The fourth-order valence-electron chi connectivity index (χ4n) is 4.15. The highest BCUT2D eigenvalue weighted by Gasteiger charge is 2.46. The summed E-state index contributed by atoms with van der Waals surface area (Å²) in [5.74, 6) is -1.43. The van der Waals surface area contributed by atoms with E-state index in [1.54, 1.807) is 24.3 Å². The number of benzene rings is 1. The van der Waals surface area contributed by atoms with E-state index < -0.39 is 52.2 Å². The van der Waals surface area contributed by atoms with E-state index in [-0.39, 0.29) is 28.1 Å². The maximum absolute atomic E-state index is 12.0. The van der Waals surface area contributed by atoms with Gasteiger partial charge in [-0.15, -0.1) is 0 Å². The Kier molecular flexibility index (Phi) is 8.66. The van der Waals surface area contributed by atoms with Crippen LogP contribution in [0.2, 0.25) is 5.15 Å². The quantitative estimate of drug-likeness (QED) is 0.149. The lowest BCUT2D eigenvalue weighted by molar-refractivity contribution is -0.0541. The van der Waals surface area contributed by atoms with E-state index >= 15 is 0 Å². The summed E-state index contributed by atoms with van der Waals surface area (Å²) in [6.45, 7) is 1.05. The van der Waals surface area contributed by atoms with Crippen LogP contribution in [0.25, 0.3) is 11.0 Å². The number of nitriles is 2. The average molecular weight is 613 g/mol. The van der Waals surface area contributed by atoms with Crippen LogP contribution in [0.15, 0.2) is 30.5 Å². The zero-order chi connectivity index (χ0) is 29.4. The first-order chi connectivity index (χ1) is 18.7. The average Bonchev–Trinajstić information content (AvgIpc) is 3.41. The van der Waals surface area contributed by atoms with E-state index in [0.717, 1.165) is 10.2 Å². The number of fused-ring (bicyclic) bond motifs is 1. The number of ether oxygens (including phenoxy) is 1. The zero-order valence-electron chi connectivity index (χ0n) is 20.6. The first-order valence-corrected chi connectivity index (χ1v) is 15.4. The van der Waals surface area contributed by atoms with Crippen LogP contribution in [0.5, 0.6) is 0 Å². The molecule has 3 aromatic rings. The third kappa shape index (κ3) is 6.36. The normalized spacial score (nSPS) is 23.3. The van der Waals surface area contributed by atoms with Crippen LogP contribution < -0.4 is 5.32 Å². The van der Waals surface area contributed by atoms with Crippen molar-refractivity contribution in [2.75, 3.05) is 17.8 Å². The lowest BCUT2D eigenvalue weighted by atomic mass is 10.1. The van der Waals surface area contributed by atoms with E-state index in [0.29, 0.717) is 10.9 Å². The molecule has 212 valence electrons. The molecule has 4 rings (SSSR count). The summed E-state index contributed by atoms with van der Waals surface area (Å²) < 4.78 is 34.5. The summed E-state index contributed by atoms with van der Waals surface area (Å²) in [5, 5.41) is 47.5. The van der Waals surface area contributed by atoms with Crippen LogP contribution in [0.3, 0.4) is 0 Å². The Hall–Kier alpha value is -2.91. The van der Waals surface area contributed by atoms with Gasteiger partial charge in [-0.2, -0.15) is 15.6 Å². The summed E-state index contributed by atoms with van der Waals surface area (Å²) >= 11 is 6.31. The van der Waals surface area contributed by atoms with Gasteiger partial charge < -0.3 is 39.5 Å². The molecule has 0 saturated carbocycles. The Morgan fingerprint density at radius 3 is 2.45 bits per heavy atom. The van der Waals surface area contributed by atoms with Crippen LogP contribution in [0, 0.1) is 22.7 Å². The van der Waals surface area contributed by atoms with Crippen molar-refractivity contribution in [1.82, 2.24) is 14.8 Å². The fraction of sp³-hybridized carbons (Fsp3) is 0.364. The van der Waals surface area contributed by atoms with Crippen LogP contribution >= 0.6 is 26.8 Å². The first kappa shape index (κ1) is 30.1. The first-order valence-electron chi connectivity index (χ1n) is 11.5. The van der Waals surface area contributed by atoms with E-state index in [9.17, 15) is 29.5 Å². The molecule has 1 aliphatic rings. The number of anilines is 1. The van der Waals surface area contributed by atoms with Gasteiger partial charge in [0.05, 0.1) is 35.5 Å². The van der Waals surface area contributed by atoms with Gasteiger partial charge in [-0.1, -0.05) is 23.7 Å². The number of aromatic nitrogens is 3. The molecule has 40 heavy (non-hydrogen) atoms. The van der Waals surface area contributed by atoms with Crippen molar-refractivity contribution in [3.05, 3.63) is 52.3 Å². The number of halogens is 1. The van der Waals surface area contributed by atoms with Gasteiger partial charge in [0.15, 0.2) is 22.9 Å². The van der Waals surface area contributed by atoms with Gasteiger partial charge in [0.1, 0.15) is 29.9 Å². The Labute approximate surface area is 231 Å². The molecule has 0 bridgehead atoms. The number of hydrogen-bond donors (Lipinski definition) is 6. The van der Waals surface area contributed by atoms with Gasteiger partial charge >= 0.3 is 15.2 Å². The van der Waals surface area contributed by atoms with Gasteiger partial charge in [-0.25, -0.2) is 9.67 Å². The molecule has 1 fully saturated rings. The largest absolute Gasteiger partial charge is 0.387 e. The molecule has 0 aliphatic carbocycles.